The van der Waals surface area contributed by atoms with E-state index in [-0.39, 0.29) is 5.96 Å². The Hall–Kier alpha value is -2.86. The van der Waals surface area contributed by atoms with Crippen molar-refractivity contribution in [2.75, 3.05) is 18.0 Å². The van der Waals surface area contributed by atoms with Crippen LogP contribution in [0.1, 0.15) is 38.8 Å². The third kappa shape index (κ3) is 7.95. The van der Waals surface area contributed by atoms with Crippen molar-refractivity contribution < 1.29 is 9.53 Å². The van der Waals surface area contributed by atoms with E-state index in [1.54, 1.807) is 25.7 Å². The predicted molar refractivity (Wildman–Crippen MR) is 118 cm³/mol. The molecule has 0 heterocycles. The topological polar surface area (TPSA) is 77.5 Å². The molecule has 0 aromatic heterocycles. The molecule has 2 rings (SSSR count). The number of carbonyl (C=O) groups is 1. The highest BCUT2D eigenvalue weighted by Gasteiger charge is 2.19. The maximum absolute atomic E-state index is 12.0. The normalized spacial score (nSPS) is 11.0. The standard InChI is InChI=1S/C23H32N4O2/c1-5-27(21(24)26-22(28)29-23(2,3)4)20-13-9-12-19(16-20)17-25-15-14-18-10-7-6-8-11-18/h6-13,16,25H,5,14-15,17H2,1-4H3,(H2,24,26,28). The molecule has 29 heavy (non-hydrogen) atoms. The fraction of sp³-hybridized carbons (Fsp3) is 0.391. The Morgan fingerprint density at radius 2 is 1.76 bits per heavy atom. The highest BCUT2D eigenvalue weighted by molar-refractivity contribution is 6.02. The molecule has 0 aliphatic heterocycles. The number of amides is 1. The molecule has 6 nitrogen and oxygen atoms in total. The zero-order valence-corrected chi connectivity index (χ0v) is 17.8. The summed E-state index contributed by atoms with van der Waals surface area (Å²) in [5.41, 5.74) is 2.69. The van der Waals surface area contributed by atoms with Crippen LogP contribution in [0, 0.1) is 5.41 Å². The van der Waals surface area contributed by atoms with Crippen molar-refractivity contribution >= 4 is 17.7 Å². The molecule has 2 aromatic rings. The number of anilines is 1. The molecule has 0 unspecified atom stereocenters. The van der Waals surface area contributed by atoms with E-state index in [1.807, 2.05) is 31.2 Å². The maximum atomic E-state index is 12.0. The number of rotatable bonds is 7. The molecule has 6 heteroatoms. The van der Waals surface area contributed by atoms with Crippen LogP contribution in [-0.4, -0.2) is 30.7 Å². The second-order valence-electron chi connectivity index (χ2n) is 7.80. The Morgan fingerprint density at radius 1 is 1.07 bits per heavy atom. The Balaban J connectivity index is 1.91. The average molecular weight is 397 g/mol. The lowest BCUT2D eigenvalue weighted by Gasteiger charge is -2.26. The fourth-order valence-electron chi connectivity index (χ4n) is 2.88. The van der Waals surface area contributed by atoms with Crippen LogP contribution in [-0.2, 0) is 17.7 Å². The van der Waals surface area contributed by atoms with Gasteiger partial charge in [-0.1, -0.05) is 42.5 Å². The van der Waals surface area contributed by atoms with Crippen molar-refractivity contribution in [1.82, 2.24) is 10.6 Å². The van der Waals surface area contributed by atoms with Crippen molar-refractivity contribution in [1.29, 1.82) is 5.41 Å². The monoisotopic (exact) mass is 396 g/mol. The fourth-order valence-corrected chi connectivity index (χ4v) is 2.88. The van der Waals surface area contributed by atoms with Crippen LogP contribution in [0.5, 0.6) is 0 Å². The highest BCUT2D eigenvalue weighted by Crippen LogP contribution is 2.16. The van der Waals surface area contributed by atoms with Gasteiger partial charge >= 0.3 is 6.09 Å². The smallest absolute Gasteiger partial charge is 0.414 e. The Bertz CT molecular complexity index is 800. The highest BCUT2D eigenvalue weighted by atomic mass is 16.6. The zero-order chi connectivity index (χ0) is 21.3. The summed E-state index contributed by atoms with van der Waals surface area (Å²) in [6.07, 6.45) is 0.353. The number of nitrogens with one attached hydrogen (secondary N) is 3. The van der Waals surface area contributed by atoms with Crippen molar-refractivity contribution in [2.24, 2.45) is 0 Å². The van der Waals surface area contributed by atoms with Gasteiger partial charge in [-0.3, -0.25) is 10.7 Å². The molecule has 0 fully saturated rings. The first-order chi connectivity index (χ1) is 13.8. The molecule has 0 bridgehead atoms. The molecule has 0 atom stereocenters. The van der Waals surface area contributed by atoms with Crippen LogP contribution in [0.3, 0.4) is 0 Å². The number of alkyl carbamates (subject to hydrolysis) is 1. The van der Waals surface area contributed by atoms with Crippen LogP contribution in [0.15, 0.2) is 54.6 Å². The summed E-state index contributed by atoms with van der Waals surface area (Å²) in [6.45, 7) is 9.51. The molecule has 0 spiro atoms. The van der Waals surface area contributed by atoms with Crippen LogP contribution < -0.4 is 15.5 Å². The number of nitrogens with zero attached hydrogens (tertiary/aromatic N) is 1. The lowest BCUT2D eigenvalue weighted by atomic mass is 10.1. The van der Waals surface area contributed by atoms with Gasteiger partial charge in [0.1, 0.15) is 5.60 Å². The molecule has 3 N–H and O–H groups in total. The van der Waals surface area contributed by atoms with E-state index in [9.17, 15) is 4.79 Å². The minimum Gasteiger partial charge on any atom is -0.444 e. The van der Waals surface area contributed by atoms with Gasteiger partial charge in [0.05, 0.1) is 0 Å². The van der Waals surface area contributed by atoms with Gasteiger partial charge in [0.2, 0.25) is 5.96 Å². The van der Waals surface area contributed by atoms with E-state index in [0.717, 1.165) is 30.8 Å². The van der Waals surface area contributed by atoms with Gasteiger partial charge in [0.25, 0.3) is 0 Å². The molecular weight excluding hydrogens is 364 g/mol. The Labute approximate surface area is 173 Å². The van der Waals surface area contributed by atoms with Crippen LogP contribution in [0.2, 0.25) is 0 Å². The lowest BCUT2D eigenvalue weighted by Crippen LogP contribution is -2.45. The minimum absolute atomic E-state index is 0.00376. The molecule has 1 amide bonds. The molecule has 156 valence electrons. The lowest BCUT2D eigenvalue weighted by molar-refractivity contribution is 0.0562. The molecule has 0 aliphatic rings. The summed E-state index contributed by atoms with van der Waals surface area (Å²) in [7, 11) is 0. The third-order valence-corrected chi connectivity index (χ3v) is 4.19. The molecule has 0 radical (unpaired) electrons. The van der Waals surface area contributed by atoms with E-state index in [4.69, 9.17) is 10.1 Å². The van der Waals surface area contributed by atoms with E-state index in [0.29, 0.717) is 6.54 Å². The van der Waals surface area contributed by atoms with Gasteiger partial charge in [0, 0.05) is 18.8 Å². The van der Waals surface area contributed by atoms with Crippen LogP contribution in [0.25, 0.3) is 0 Å². The van der Waals surface area contributed by atoms with Gasteiger partial charge in [-0.25, -0.2) is 4.79 Å². The predicted octanol–water partition coefficient (Wildman–Crippen LogP) is 4.30. The van der Waals surface area contributed by atoms with Crippen molar-refractivity contribution in [3.8, 4) is 0 Å². The molecule has 0 saturated heterocycles. The molecule has 2 aromatic carbocycles. The maximum Gasteiger partial charge on any atom is 0.414 e. The van der Waals surface area contributed by atoms with Crippen molar-refractivity contribution in [2.45, 2.75) is 46.3 Å². The summed E-state index contributed by atoms with van der Waals surface area (Å²) in [4.78, 5) is 13.7. The molecular formula is C23H32N4O2. The number of hydrogen-bond acceptors (Lipinski definition) is 4. The SMILES string of the molecule is CCN(C(=N)NC(=O)OC(C)(C)C)c1cccc(CNCCc2ccccc2)c1. The Kier molecular flexibility index (Phi) is 8.21. The number of benzene rings is 2. The third-order valence-electron chi connectivity index (χ3n) is 4.19. The summed E-state index contributed by atoms with van der Waals surface area (Å²) >= 11 is 0. The number of ether oxygens (including phenoxy) is 1. The molecule has 0 aliphatic carbocycles. The summed E-state index contributed by atoms with van der Waals surface area (Å²) < 4.78 is 5.24. The van der Waals surface area contributed by atoms with Gasteiger partial charge in [-0.2, -0.15) is 0 Å². The van der Waals surface area contributed by atoms with E-state index < -0.39 is 11.7 Å². The van der Waals surface area contributed by atoms with Gasteiger partial charge in [-0.05, 0) is 63.9 Å². The van der Waals surface area contributed by atoms with E-state index in [2.05, 4.69) is 41.0 Å². The van der Waals surface area contributed by atoms with Crippen LogP contribution >= 0.6 is 0 Å². The van der Waals surface area contributed by atoms with Gasteiger partial charge in [0.15, 0.2) is 0 Å². The van der Waals surface area contributed by atoms with E-state index >= 15 is 0 Å². The first-order valence-electron chi connectivity index (χ1n) is 9.98. The van der Waals surface area contributed by atoms with Gasteiger partial charge < -0.3 is 15.0 Å². The summed E-state index contributed by atoms with van der Waals surface area (Å²) in [5.74, 6) is -0.00376. The van der Waals surface area contributed by atoms with E-state index in [1.165, 1.54) is 5.56 Å². The Morgan fingerprint density at radius 3 is 2.41 bits per heavy atom. The molecule has 0 saturated carbocycles. The largest absolute Gasteiger partial charge is 0.444 e. The zero-order valence-electron chi connectivity index (χ0n) is 17.8. The number of carbonyl (C=O) groups excluding carboxylic acids is 1. The first-order valence-corrected chi connectivity index (χ1v) is 9.98. The van der Waals surface area contributed by atoms with Crippen molar-refractivity contribution in [3.63, 3.8) is 0 Å². The average Bonchev–Trinajstić information content (AvgIpc) is 2.65. The van der Waals surface area contributed by atoms with Gasteiger partial charge in [-0.15, -0.1) is 0 Å². The quantitative estimate of drug-likeness (QED) is 0.370. The second kappa shape index (κ2) is 10.6. The second-order valence-corrected chi connectivity index (χ2v) is 7.80. The summed E-state index contributed by atoms with van der Waals surface area (Å²) in [6, 6.07) is 18.4. The number of guanidine groups is 1. The van der Waals surface area contributed by atoms with Crippen LogP contribution in [0.4, 0.5) is 10.5 Å². The van der Waals surface area contributed by atoms with Crippen molar-refractivity contribution in [3.05, 3.63) is 65.7 Å². The summed E-state index contributed by atoms with van der Waals surface area (Å²) in [5, 5.41) is 14.2. The first kappa shape index (κ1) is 22.4. The minimum atomic E-state index is -0.625. The number of hydrogen-bond donors (Lipinski definition) is 3.